The first-order valence-corrected chi connectivity index (χ1v) is 5.89. The second-order valence-corrected chi connectivity index (χ2v) is 3.99. The molecule has 0 aliphatic rings. The number of carbonyl (C=O) groups is 2. The van der Waals surface area contributed by atoms with E-state index < -0.39 is 5.97 Å². The molecule has 0 saturated heterocycles. The van der Waals surface area contributed by atoms with Crippen LogP contribution < -0.4 is 10.6 Å². The summed E-state index contributed by atoms with van der Waals surface area (Å²) in [7, 11) is 1.32. The maximum absolute atomic E-state index is 11.7. The Bertz CT molecular complexity index is 484. The second-order valence-electron chi connectivity index (χ2n) is 3.99. The van der Waals surface area contributed by atoms with Crippen LogP contribution in [0.2, 0.25) is 0 Å². The third-order valence-corrected chi connectivity index (χ3v) is 2.51. The van der Waals surface area contributed by atoms with Gasteiger partial charge >= 0.3 is 5.97 Å². The second kappa shape index (κ2) is 7.33. The normalized spacial score (nSPS) is 9.79. The molecule has 102 valence electrons. The minimum absolute atomic E-state index is 0.174. The van der Waals surface area contributed by atoms with Crippen LogP contribution >= 0.6 is 0 Å². The number of nitrogens with one attached hydrogen (secondary N) is 2. The number of hydrogen-bond donors (Lipinski definition) is 2. The molecule has 1 amide bonds. The minimum atomic E-state index is -0.430. The monoisotopic (exact) mass is 262 g/mol. The van der Waals surface area contributed by atoms with Gasteiger partial charge in [-0.3, -0.25) is 4.79 Å². The van der Waals surface area contributed by atoms with Crippen molar-refractivity contribution in [3.63, 3.8) is 0 Å². The summed E-state index contributed by atoms with van der Waals surface area (Å²) in [4.78, 5) is 23.1. The van der Waals surface area contributed by atoms with E-state index in [0.29, 0.717) is 17.8 Å². The van der Waals surface area contributed by atoms with Crippen molar-refractivity contribution in [2.24, 2.45) is 0 Å². The molecule has 1 aromatic carbocycles. The molecule has 0 aliphatic heterocycles. The zero-order valence-electron chi connectivity index (χ0n) is 11.2. The Balaban J connectivity index is 2.74. The molecule has 0 saturated carbocycles. The Morgan fingerprint density at radius 2 is 2.16 bits per heavy atom. The van der Waals surface area contributed by atoms with Crippen molar-refractivity contribution in [1.29, 1.82) is 0 Å². The first-order valence-electron chi connectivity index (χ1n) is 5.89. The molecular weight excluding hydrogens is 244 g/mol. The molecule has 19 heavy (non-hydrogen) atoms. The summed E-state index contributed by atoms with van der Waals surface area (Å²) in [6.07, 6.45) is 1.68. The van der Waals surface area contributed by atoms with Gasteiger partial charge in [0.25, 0.3) is 0 Å². The predicted octanol–water partition coefficient (Wildman–Crippen LogP) is 1.50. The Hall–Kier alpha value is -2.14. The SMILES string of the molecule is C=CCNCC(=O)Nc1cc(C(=O)OC)ccc1C. The Kier molecular flexibility index (Phi) is 5.75. The molecule has 0 unspecified atom stereocenters. The summed E-state index contributed by atoms with van der Waals surface area (Å²) in [5.41, 5.74) is 1.89. The summed E-state index contributed by atoms with van der Waals surface area (Å²) >= 11 is 0. The summed E-state index contributed by atoms with van der Waals surface area (Å²) < 4.78 is 4.64. The van der Waals surface area contributed by atoms with Gasteiger partial charge in [-0.25, -0.2) is 4.79 Å². The lowest BCUT2D eigenvalue weighted by molar-refractivity contribution is -0.115. The zero-order valence-corrected chi connectivity index (χ0v) is 11.2. The van der Waals surface area contributed by atoms with Crippen LogP contribution in [0, 0.1) is 6.92 Å². The van der Waals surface area contributed by atoms with Gasteiger partial charge in [0.2, 0.25) is 5.91 Å². The fourth-order valence-electron chi connectivity index (χ4n) is 1.48. The van der Waals surface area contributed by atoms with E-state index in [4.69, 9.17) is 0 Å². The maximum Gasteiger partial charge on any atom is 0.337 e. The lowest BCUT2D eigenvalue weighted by atomic mass is 10.1. The molecule has 0 heterocycles. The number of methoxy groups -OCH3 is 1. The van der Waals surface area contributed by atoms with Crippen LogP contribution in [0.3, 0.4) is 0 Å². The van der Waals surface area contributed by atoms with Crippen LogP contribution in [0.5, 0.6) is 0 Å². The van der Waals surface area contributed by atoms with Crippen LogP contribution in [-0.4, -0.2) is 32.1 Å². The van der Waals surface area contributed by atoms with Crippen molar-refractivity contribution >= 4 is 17.6 Å². The number of rotatable bonds is 6. The van der Waals surface area contributed by atoms with Gasteiger partial charge < -0.3 is 15.4 Å². The van der Waals surface area contributed by atoms with Crippen molar-refractivity contribution in [1.82, 2.24) is 5.32 Å². The number of esters is 1. The molecule has 5 heteroatoms. The smallest absolute Gasteiger partial charge is 0.337 e. The van der Waals surface area contributed by atoms with Crippen LogP contribution in [0.4, 0.5) is 5.69 Å². The number of ether oxygens (including phenoxy) is 1. The molecule has 0 radical (unpaired) electrons. The van der Waals surface area contributed by atoms with Crippen LogP contribution in [0.1, 0.15) is 15.9 Å². The highest BCUT2D eigenvalue weighted by atomic mass is 16.5. The number of carbonyl (C=O) groups excluding carboxylic acids is 2. The molecule has 5 nitrogen and oxygen atoms in total. The van der Waals surface area contributed by atoms with Crippen molar-refractivity contribution in [3.8, 4) is 0 Å². The molecular formula is C14H18N2O3. The molecule has 0 aromatic heterocycles. The maximum atomic E-state index is 11.7. The highest BCUT2D eigenvalue weighted by Gasteiger charge is 2.09. The third-order valence-electron chi connectivity index (χ3n) is 2.51. The number of aryl methyl sites for hydroxylation is 1. The lowest BCUT2D eigenvalue weighted by Crippen LogP contribution is -2.28. The van der Waals surface area contributed by atoms with Gasteiger partial charge in [0.15, 0.2) is 0 Å². The van der Waals surface area contributed by atoms with E-state index in [-0.39, 0.29) is 12.5 Å². The third kappa shape index (κ3) is 4.56. The van der Waals surface area contributed by atoms with E-state index in [1.54, 1.807) is 24.3 Å². The largest absolute Gasteiger partial charge is 0.465 e. The summed E-state index contributed by atoms with van der Waals surface area (Å²) in [6.45, 7) is 6.16. The van der Waals surface area contributed by atoms with E-state index in [0.717, 1.165) is 5.56 Å². The van der Waals surface area contributed by atoms with Gasteiger partial charge in [-0.1, -0.05) is 12.1 Å². The highest BCUT2D eigenvalue weighted by Crippen LogP contribution is 2.17. The number of amides is 1. The van der Waals surface area contributed by atoms with Crippen molar-refractivity contribution < 1.29 is 14.3 Å². The van der Waals surface area contributed by atoms with E-state index >= 15 is 0 Å². The van der Waals surface area contributed by atoms with Gasteiger partial charge in [0, 0.05) is 12.2 Å². The fourth-order valence-corrected chi connectivity index (χ4v) is 1.48. The molecule has 0 spiro atoms. The van der Waals surface area contributed by atoms with Crippen LogP contribution in [0.25, 0.3) is 0 Å². The van der Waals surface area contributed by atoms with E-state index in [1.165, 1.54) is 7.11 Å². The minimum Gasteiger partial charge on any atom is -0.465 e. The molecule has 1 rings (SSSR count). The topological polar surface area (TPSA) is 67.4 Å². The van der Waals surface area contributed by atoms with Crippen LogP contribution in [-0.2, 0) is 9.53 Å². The van der Waals surface area contributed by atoms with Crippen molar-refractivity contribution in [2.45, 2.75) is 6.92 Å². The highest BCUT2D eigenvalue weighted by molar-refractivity contribution is 5.96. The Morgan fingerprint density at radius 1 is 1.42 bits per heavy atom. The average Bonchev–Trinajstić information content (AvgIpc) is 2.40. The van der Waals surface area contributed by atoms with E-state index in [1.807, 2.05) is 6.92 Å². The molecule has 0 aliphatic carbocycles. The standard InChI is InChI=1S/C14H18N2O3/c1-4-7-15-9-13(17)16-12-8-11(14(18)19-3)6-5-10(12)2/h4-6,8,15H,1,7,9H2,2-3H3,(H,16,17). The average molecular weight is 262 g/mol. The molecule has 2 N–H and O–H groups in total. The first kappa shape index (κ1) is 14.9. The van der Waals surface area contributed by atoms with Gasteiger partial charge in [0.1, 0.15) is 0 Å². The summed E-state index contributed by atoms with van der Waals surface area (Å²) in [6, 6.07) is 5.03. The summed E-state index contributed by atoms with van der Waals surface area (Å²) in [5, 5.41) is 5.65. The number of benzene rings is 1. The molecule has 1 aromatic rings. The van der Waals surface area contributed by atoms with Crippen molar-refractivity contribution in [2.75, 3.05) is 25.5 Å². The predicted molar refractivity (Wildman–Crippen MR) is 74.2 cm³/mol. The van der Waals surface area contributed by atoms with E-state index in [9.17, 15) is 9.59 Å². The van der Waals surface area contributed by atoms with Gasteiger partial charge in [-0.15, -0.1) is 6.58 Å². The van der Waals surface area contributed by atoms with E-state index in [2.05, 4.69) is 21.9 Å². The Morgan fingerprint density at radius 3 is 2.79 bits per heavy atom. The molecule has 0 bridgehead atoms. The van der Waals surface area contributed by atoms with Crippen LogP contribution in [0.15, 0.2) is 30.9 Å². The molecule has 0 fully saturated rings. The summed E-state index contributed by atoms with van der Waals surface area (Å²) in [5.74, 6) is -0.604. The molecule has 0 atom stereocenters. The number of anilines is 1. The first-order chi connectivity index (χ1) is 9.08. The van der Waals surface area contributed by atoms with Gasteiger partial charge in [0.05, 0.1) is 19.2 Å². The zero-order chi connectivity index (χ0) is 14.3. The quantitative estimate of drug-likeness (QED) is 0.463. The lowest BCUT2D eigenvalue weighted by Gasteiger charge is -2.10. The van der Waals surface area contributed by atoms with Gasteiger partial charge in [-0.05, 0) is 24.6 Å². The number of hydrogen-bond acceptors (Lipinski definition) is 4. The Labute approximate surface area is 112 Å². The van der Waals surface area contributed by atoms with Gasteiger partial charge in [-0.2, -0.15) is 0 Å². The fraction of sp³-hybridized carbons (Fsp3) is 0.286. The van der Waals surface area contributed by atoms with Crippen molar-refractivity contribution in [3.05, 3.63) is 42.0 Å².